The molecule has 0 aromatic heterocycles. The maximum Gasteiger partial charge on any atom is 0.255 e. The van der Waals surface area contributed by atoms with Crippen molar-refractivity contribution in [3.05, 3.63) is 68.4 Å². The van der Waals surface area contributed by atoms with E-state index >= 15 is 0 Å². The van der Waals surface area contributed by atoms with Crippen molar-refractivity contribution < 1.29 is 19.8 Å². The summed E-state index contributed by atoms with van der Waals surface area (Å²) < 4.78 is 0. The Balaban J connectivity index is 1.66. The number of carbonyl (C=O) groups excluding carboxylic acids is 2. The maximum atomic E-state index is 12.3. The van der Waals surface area contributed by atoms with E-state index in [1.54, 1.807) is 21.6 Å². The van der Waals surface area contributed by atoms with E-state index < -0.39 is 11.8 Å². The number of phenolic OH excluding ortho intramolecular Hbond substituents is 2. The van der Waals surface area contributed by atoms with Gasteiger partial charge in [0.05, 0.1) is 11.1 Å². The Labute approximate surface area is 215 Å². The van der Waals surface area contributed by atoms with Crippen molar-refractivity contribution in [1.82, 2.24) is 10.6 Å². The summed E-state index contributed by atoms with van der Waals surface area (Å²) in [6.45, 7) is 4.95. The first-order valence-corrected chi connectivity index (χ1v) is 13.2. The average Bonchev–Trinajstić information content (AvgIpc) is 2.83. The molecule has 12 nitrogen and oxygen atoms in total. The van der Waals surface area contributed by atoms with E-state index in [1.807, 2.05) is 13.8 Å². The minimum atomic E-state index is -0.410. The summed E-state index contributed by atoms with van der Waals surface area (Å²) in [5.74, 6) is -1.33. The lowest BCUT2D eigenvalue weighted by Crippen LogP contribution is -2.26. The van der Waals surface area contributed by atoms with Gasteiger partial charge in [0.2, 0.25) is 0 Å². The first-order valence-electron chi connectivity index (χ1n) is 10.9. The predicted octanol–water partition coefficient (Wildman–Crippen LogP) is 6.08. The van der Waals surface area contributed by atoms with Crippen LogP contribution in [0.3, 0.4) is 0 Å². The van der Waals surface area contributed by atoms with Crippen molar-refractivity contribution in [1.29, 1.82) is 0 Å². The molecule has 0 fully saturated rings. The summed E-state index contributed by atoms with van der Waals surface area (Å²) in [6, 6.07) is 8.19. The van der Waals surface area contributed by atoms with Crippen molar-refractivity contribution in [2.75, 3.05) is 13.1 Å². The second-order valence-corrected chi connectivity index (χ2v) is 10.8. The van der Waals surface area contributed by atoms with E-state index in [2.05, 4.69) is 30.7 Å². The molecule has 0 radical (unpaired) electrons. The van der Waals surface area contributed by atoms with E-state index in [0.717, 1.165) is 12.8 Å². The van der Waals surface area contributed by atoms with Crippen LogP contribution in [0.5, 0.6) is 11.5 Å². The number of aromatic hydroxyl groups is 2. The topological polar surface area (TPSA) is 196 Å². The van der Waals surface area contributed by atoms with Gasteiger partial charge in [0.25, 0.3) is 11.8 Å². The second-order valence-electron chi connectivity index (χ2n) is 7.68. The Morgan fingerprint density at radius 2 is 1.22 bits per heavy atom. The van der Waals surface area contributed by atoms with Crippen molar-refractivity contribution in [3.63, 3.8) is 0 Å². The molecule has 0 aliphatic heterocycles. The van der Waals surface area contributed by atoms with Crippen LogP contribution in [0, 0.1) is 0 Å². The normalized spacial score (nSPS) is 11.9. The highest BCUT2D eigenvalue weighted by molar-refractivity contribution is 8.77. The summed E-state index contributed by atoms with van der Waals surface area (Å²) in [4.78, 5) is 29.8. The van der Waals surface area contributed by atoms with Gasteiger partial charge in [-0.25, -0.2) is 0 Å². The quantitative estimate of drug-likeness (QED) is 0.105. The Kier molecular flexibility index (Phi) is 11.6. The van der Waals surface area contributed by atoms with E-state index in [4.69, 9.17) is 11.1 Å². The molecule has 2 atom stereocenters. The molecule has 2 aromatic rings. The average molecular weight is 531 g/mol. The van der Waals surface area contributed by atoms with E-state index in [-0.39, 0.29) is 44.5 Å². The van der Waals surface area contributed by atoms with Gasteiger partial charge in [0.1, 0.15) is 11.5 Å². The number of carbonyl (C=O) groups is 2. The lowest BCUT2D eigenvalue weighted by molar-refractivity contribution is 0.0942. The standard InChI is InChI=1S/C22H26N8O4S2/c1-13(7-9-25-21(33)17-5-3-15(27-29-23)11-19(17)31)35-36-14(2)8-10-26-22(34)18-6-4-16(28-30-24)12-20(18)32/h3-6,11-14,31-32H,7-10H2,1-2H3,(H,25,33)(H,26,34). The number of nitrogens with zero attached hydrogens (tertiary/aromatic N) is 6. The van der Waals surface area contributed by atoms with Gasteiger partial charge in [0.15, 0.2) is 0 Å². The number of amides is 2. The fraction of sp³-hybridized carbons (Fsp3) is 0.364. The zero-order chi connectivity index (χ0) is 26.5. The van der Waals surface area contributed by atoms with Crippen LogP contribution in [-0.2, 0) is 0 Å². The number of hydrogen-bond acceptors (Lipinski definition) is 8. The third-order valence-corrected chi connectivity index (χ3v) is 8.37. The minimum absolute atomic E-state index is 0.108. The Bertz CT molecular complexity index is 1090. The molecule has 2 rings (SSSR count). The van der Waals surface area contributed by atoms with Crippen LogP contribution in [0.25, 0.3) is 20.9 Å². The number of hydrogen-bond donors (Lipinski definition) is 4. The molecule has 190 valence electrons. The lowest BCUT2D eigenvalue weighted by Gasteiger charge is -2.15. The SMILES string of the molecule is CC(CCNC(=O)c1ccc(N=[N+]=[N-])cc1O)SSC(C)CCNC(=O)c1ccc(N=[N+]=[N-])cc1O. The zero-order valence-electron chi connectivity index (χ0n) is 19.7. The summed E-state index contributed by atoms with van der Waals surface area (Å²) in [7, 11) is 3.37. The Morgan fingerprint density at radius 1 is 0.833 bits per heavy atom. The molecular weight excluding hydrogens is 504 g/mol. The summed E-state index contributed by atoms with van der Waals surface area (Å²) in [5, 5.41) is 32.7. The van der Waals surface area contributed by atoms with Crippen molar-refractivity contribution >= 4 is 44.8 Å². The minimum Gasteiger partial charge on any atom is -0.507 e. The first-order chi connectivity index (χ1) is 17.2. The van der Waals surface area contributed by atoms with Gasteiger partial charge in [-0.15, -0.1) is 0 Å². The first kappa shape index (κ1) is 28.5. The molecule has 0 aliphatic rings. The predicted molar refractivity (Wildman–Crippen MR) is 142 cm³/mol. The number of phenols is 2. The highest BCUT2D eigenvalue weighted by Crippen LogP contribution is 2.33. The number of benzene rings is 2. The molecule has 2 amide bonds. The van der Waals surface area contributed by atoms with Gasteiger partial charge in [-0.3, -0.25) is 9.59 Å². The third-order valence-electron chi connectivity index (χ3n) is 4.83. The van der Waals surface area contributed by atoms with Gasteiger partial charge in [-0.1, -0.05) is 57.8 Å². The molecule has 14 heteroatoms. The van der Waals surface area contributed by atoms with Gasteiger partial charge in [-0.05, 0) is 48.2 Å². The highest BCUT2D eigenvalue weighted by atomic mass is 33.1. The number of nitrogens with one attached hydrogen (secondary N) is 2. The van der Waals surface area contributed by atoms with Crippen LogP contribution < -0.4 is 10.6 Å². The summed E-state index contributed by atoms with van der Waals surface area (Å²) in [5.41, 5.74) is 17.5. The van der Waals surface area contributed by atoms with Gasteiger partial charge < -0.3 is 20.8 Å². The molecule has 2 aromatic carbocycles. The Hall–Kier alpha value is -3.70. The van der Waals surface area contributed by atoms with Gasteiger partial charge in [0, 0.05) is 44.8 Å². The highest BCUT2D eigenvalue weighted by Gasteiger charge is 2.14. The summed E-state index contributed by atoms with van der Waals surface area (Å²) in [6.07, 6.45) is 1.44. The molecule has 0 bridgehead atoms. The van der Waals surface area contributed by atoms with Crippen LogP contribution in [0.2, 0.25) is 0 Å². The van der Waals surface area contributed by atoms with Gasteiger partial charge in [-0.2, -0.15) is 0 Å². The second kappa shape index (κ2) is 14.6. The molecule has 0 saturated carbocycles. The monoisotopic (exact) mass is 530 g/mol. The van der Waals surface area contributed by atoms with Crippen LogP contribution in [-0.4, -0.2) is 45.6 Å². The largest absolute Gasteiger partial charge is 0.507 e. The van der Waals surface area contributed by atoms with Gasteiger partial charge >= 0.3 is 0 Å². The van der Waals surface area contributed by atoms with Crippen molar-refractivity contribution in [2.45, 2.75) is 37.2 Å². The van der Waals surface area contributed by atoms with Crippen LogP contribution in [0.15, 0.2) is 46.6 Å². The summed E-state index contributed by atoms with van der Waals surface area (Å²) >= 11 is 0. The molecule has 4 N–H and O–H groups in total. The fourth-order valence-corrected chi connectivity index (χ4v) is 5.43. The maximum absolute atomic E-state index is 12.3. The lowest BCUT2D eigenvalue weighted by atomic mass is 10.1. The molecule has 0 saturated heterocycles. The zero-order valence-corrected chi connectivity index (χ0v) is 21.3. The smallest absolute Gasteiger partial charge is 0.255 e. The molecular formula is C22H26N8O4S2. The van der Waals surface area contributed by atoms with E-state index in [9.17, 15) is 19.8 Å². The molecule has 36 heavy (non-hydrogen) atoms. The van der Waals surface area contributed by atoms with Crippen LogP contribution in [0.1, 0.15) is 47.4 Å². The fourth-order valence-electron chi connectivity index (χ4n) is 2.91. The van der Waals surface area contributed by atoms with E-state index in [1.165, 1.54) is 36.4 Å². The van der Waals surface area contributed by atoms with Crippen molar-refractivity contribution in [2.24, 2.45) is 10.2 Å². The molecule has 0 aliphatic carbocycles. The molecule has 2 unspecified atom stereocenters. The van der Waals surface area contributed by atoms with Crippen molar-refractivity contribution in [3.8, 4) is 11.5 Å². The molecule has 0 heterocycles. The molecule has 0 spiro atoms. The van der Waals surface area contributed by atoms with E-state index in [0.29, 0.717) is 13.1 Å². The Morgan fingerprint density at radius 3 is 1.56 bits per heavy atom. The van der Waals surface area contributed by atoms with Crippen LogP contribution >= 0.6 is 21.6 Å². The third kappa shape index (κ3) is 9.16. The number of azide groups is 2. The van der Waals surface area contributed by atoms with Crippen LogP contribution in [0.4, 0.5) is 11.4 Å². The number of rotatable bonds is 13.